The van der Waals surface area contributed by atoms with Crippen molar-refractivity contribution in [3.05, 3.63) is 29.8 Å². The van der Waals surface area contributed by atoms with Crippen LogP contribution in [0, 0.1) is 0 Å². The summed E-state index contributed by atoms with van der Waals surface area (Å²) < 4.78 is 10.8. The number of hydrogen-bond donors (Lipinski definition) is 2. The molecule has 1 atom stereocenters. The lowest BCUT2D eigenvalue weighted by Crippen LogP contribution is -2.38. The average Bonchev–Trinajstić information content (AvgIpc) is 2.58. The lowest BCUT2D eigenvalue weighted by atomic mass is 10.1. The maximum Gasteiger partial charge on any atom is 0.408 e. The number of carboxylic acids is 1. The number of aliphatic carboxylic acids is 1. The predicted molar refractivity (Wildman–Crippen MR) is 105 cm³/mol. The molecule has 2 N–H and O–H groups in total. The Labute approximate surface area is 162 Å². The van der Waals surface area contributed by atoms with Crippen LogP contribution in [0.3, 0.4) is 0 Å². The molecule has 152 valence electrons. The monoisotopic (exact) mass is 379 g/mol. The van der Waals surface area contributed by atoms with Crippen molar-refractivity contribution < 1.29 is 24.2 Å². The normalized spacial score (nSPS) is 12.3. The minimum Gasteiger partial charge on any atom is -0.494 e. The summed E-state index contributed by atoms with van der Waals surface area (Å²) in [5, 5.41) is 11.8. The molecule has 27 heavy (non-hydrogen) atoms. The molecule has 0 aliphatic rings. The molecular weight excluding hydrogens is 346 g/mol. The van der Waals surface area contributed by atoms with Crippen molar-refractivity contribution in [1.29, 1.82) is 0 Å². The molecule has 0 unspecified atom stereocenters. The van der Waals surface area contributed by atoms with Gasteiger partial charge in [0.1, 0.15) is 11.4 Å². The second-order valence-corrected chi connectivity index (χ2v) is 7.60. The van der Waals surface area contributed by atoms with Gasteiger partial charge < -0.3 is 19.9 Å². The van der Waals surface area contributed by atoms with E-state index >= 15 is 0 Å². The minimum absolute atomic E-state index is 0.459. The standard InChI is InChI=1S/C21H33NO5/c1-5-6-7-8-9-10-15-26-17-13-11-16(12-14-17)18(19(23)24)22-20(25)27-21(2,3)4/h11-14,18H,5-10,15H2,1-4H3,(H,22,25)(H,23,24)/t18-/m1/s1. The Morgan fingerprint density at radius 1 is 1.04 bits per heavy atom. The quantitative estimate of drug-likeness (QED) is 0.524. The van der Waals surface area contributed by atoms with Gasteiger partial charge in [-0.3, -0.25) is 0 Å². The van der Waals surface area contributed by atoms with E-state index in [0.717, 1.165) is 12.8 Å². The molecule has 0 spiro atoms. The molecule has 1 rings (SSSR count). The number of rotatable bonds is 11. The van der Waals surface area contributed by atoms with E-state index in [2.05, 4.69) is 12.2 Å². The first kappa shape index (κ1) is 22.8. The summed E-state index contributed by atoms with van der Waals surface area (Å²) in [6, 6.07) is 5.56. The van der Waals surface area contributed by atoms with Gasteiger partial charge in [0.2, 0.25) is 0 Å². The number of benzene rings is 1. The van der Waals surface area contributed by atoms with Gasteiger partial charge >= 0.3 is 12.1 Å². The summed E-state index contributed by atoms with van der Waals surface area (Å²) in [7, 11) is 0. The number of carboxylic acid groups (broad SMARTS) is 1. The van der Waals surface area contributed by atoms with Crippen LogP contribution in [0.15, 0.2) is 24.3 Å². The summed E-state index contributed by atoms with van der Waals surface area (Å²) in [5.41, 5.74) is -0.234. The van der Waals surface area contributed by atoms with Crippen LogP contribution in [0.25, 0.3) is 0 Å². The van der Waals surface area contributed by atoms with E-state index < -0.39 is 23.7 Å². The van der Waals surface area contributed by atoms with Gasteiger partial charge in [-0.1, -0.05) is 51.2 Å². The number of carbonyl (C=O) groups excluding carboxylic acids is 1. The fraction of sp³-hybridized carbons (Fsp3) is 0.619. The van der Waals surface area contributed by atoms with Crippen LogP contribution < -0.4 is 10.1 Å². The van der Waals surface area contributed by atoms with Crippen LogP contribution >= 0.6 is 0 Å². The summed E-state index contributed by atoms with van der Waals surface area (Å²) in [4.78, 5) is 23.4. The maximum absolute atomic E-state index is 11.9. The Hall–Kier alpha value is -2.24. The maximum atomic E-state index is 11.9. The molecule has 0 bridgehead atoms. The van der Waals surface area contributed by atoms with Crippen LogP contribution in [0.4, 0.5) is 4.79 Å². The molecule has 0 aliphatic carbocycles. The summed E-state index contributed by atoms with van der Waals surface area (Å²) in [6.45, 7) is 8.00. The number of unbranched alkanes of at least 4 members (excludes halogenated alkanes) is 5. The Kier molecular flexibility index (Phi) is 9.68. The van der Waals surface area contributed by atoms with Crippen molar-refractivity contribution in [2.45, 2.75) is 77.9 Å². The molecule has 0 radical (unpaired) electrons. The van der Waals surface area contributed by atoms with Gasteiger partial charge in [-0.05, 0) is 44.9 Å². The first-order chi connectivity index (χ1) is 12.7. The third kappa shape index (κ3) is 9.87. The van der Waals surface area contributed by atoms with Crippen LogP contribution in [-0.4, -0.2) is 29.4 Å². The zero-order valence-corrected chi connectivity index (χ0v) is 16.9. The largest absolute Gasteiger partial charge is 0.494 e. The Balaban J connectivity index is 2.51. The topological polar surface area (TPSA) is 84.9 Å². The molecule has 0 fully saturated rings. The fourth-order valence-corrected chi connectivity index (χ4v) is 2.54. The van der Waals surface area contributed by atoms with E-state index in [1.807, 2.05) is 0 Å². The SMILES string of the molecule is CCCCCCCCOc1ccc([C@@H](NC(=O)OC(C)(C)C)C(=O)O)cc1. The molecule has 1 aromatic carbocycles. The highest BCUT2D eigenvalue weighted by Crippen LogP contribution is 2.19. The van der Waals surface area contributed by atoms with Gasteiger partial charge in [-0.2, -0.15) is 0 Å². The molecule has 1 aromatic rings. The molecule has 0 saturated heterocycles. The number of nitrogens with one attached hydrogen (secondary N) is 1. The van der Waals surface area contributed by atoms with Gasteiger partial charge in [-0.15, -0.1) is 0 Å². The first-order valence-corrected chi connectivity index (χ1v) is 9.68. The lowest BCUT2D eigenvalue weighted by Gasteiger charge is -2.22. The zero-order chi connectivity index (χ0) is 20.3. The van der Waals surface area contributed by atoms with E-state index in [1.165, 1.54) is 25.7 Å². The highest BCUT2D eigenvalue weighted by Gasteiger charge is 2.25. The molecule has 6 nitrogen and oxygen atoms in total. The predicted octanol–water partition coefficient (Wildman–Crippen LogP) is 5.08. The van der Waals surface area contributed by atoms with Gasteiger partial charge in [0, 0.05) is 0 Å². The van der Waals surface area contributed by atoms with Crippen molar-refractivity contribution in [2.75, 3.05) is 6.61 Å². The Morgan fingerprint density at radius 2 is 1.63 bits per heavy atom. The summed E-state index contributed by atoms with van der Waals surface area (Å²) >= 11 is 0. The Bertz CT molecular complexity index is 577. The second-order valence-electron chi connectivity index (χ2n) is 7.60. The summed E-state index contributed by atoms with van der Waals surface area (Å²) in [6.07, 6.45) is 6.41. The number of amides is 1. The van der Waals surface area contributed by atoms with E-state index in [-0.39, 0.29) is 0 Å². The van der Waals surface area contributed by atoms with Crippen molar-refractivity contribution >= 4 is 12.1 Å². The molecule has 1 amide bonds. The lowest BCUT2D eigenvalue weighted by molar-refractivity contribution is -0.139. The molecule has 6 heteroatoms. The number of carbonyl (C=O) groups is 2. The van der Waals surface area contributed by atoms with E-state index in [0.29, 0.717) is 17.9 Å². The van der Waals surface area contributed by atoms with Crippen LogP contribution in [0.1, 0.15) is 77.8 Å². The van der Waals surface area contributed by atoms with Crippen molar-refractivity contribution in [1.82, 2.24) is 5.32 Å². The van der Waals surface area contributed by atoms with Crippen LogP contribution in [0.5, 0.6) is 5.75 Å². The number of ether oxygens (including phenoxy) is 2. The number of alkyl carbamates (subject to hydrolysis) is 1. The molecule has 0 aromatic heterocycles. The van der Waals surface area contributed by atoms with Gasteiger partial charge in [0.05, 0.1) is 6.61 Å². The third-order valence-electron chi connectivity index (χ3n) is 3.89. The molecular formula is C21H33NO5. The fourth-order valence-electron chi connectivity index (χ4n) is 2.54. The number of hydrogen-bond acceptors (Lipinski definition) is 4. The van der Waals surface area contributed by atoms with Crippen LogP contribution in [0.2, 0.25) is 0 Å². The summed E-state index contributed by atoms with van der Waals surface area (Å²) in [5.74, 6) is -0.463. The second kappa shape index (κ2) is 11.5. The minimum atomic E-state index is -1.17. The Morgan fingerprint density at radius 3 is 2.19 bits per heavy atom. The van der Waals surface area contributed by atoms with E-state index in [4.69, 9.17) is 9.47 Å². The molecule has 0 saturated carbocycles. The molecule has 0 heterocycles. The van der Waals surface area contributed by atoms with Crippen molar-refractivity contribution in [3.63, 3.8) is 0 Å². The van der Waals surface area contributed by atoms with Crippen LogP contribution in [-0.2, 0) is 9.53 Å². The van der Waals surface area contributed by atoms with Gasteiger partial charge in [0.25, 0.3) is 0 Å². The van der Waals surface area contributed by atoms with E-state index in [1.54, 1.807) is 45.0 Å². The zero-order valence-electron chi connectivity index (χ0n) is 16.9. The van der Waals surface area contributed by atoms with Crippen molar-refractivity contribution in [2.24, 2.45) is 0 Å². The first-order valence-electron chi connectivity index (χ1n) is 9.68. The third-order valence-corrected chi connectivity index (χ3v) is 3.89. The highest BCUT2D eigenvalue weighted by atomic mass is 16.6. The van der Waals surface area contributed by atoms with E-state index in [9.17, 15) is 14.7 Å². The van der Waals surface area contributed by atoms with Gasteiger partial charge in [0.15, 0.2) is 6.04 Å². The van der Waals surface area contributed by atoms with Crippen molar-refractivity contribution in [3.8, 4) is 5.75 Å². The average molecular weight is 379 g/mol. The highest BCUT2D eigenvalue weighted by molar-refractivity contribution is 5.81. The molecule has 0 aliphatic heterocycles. The van der Waals surface area contributed by atoms with Gasteiger partial charge in [-0.25, -0.2) is 9.59 Å². The smallest absolute Gasteiger partial charge is 0.408 e.